The highest BCUT2D eigenvalue weighted by Gasteiger charge is 2.24. The maximum atomic E-state index is 4.82. The van der Waals surface area contributed by atoms with E-state index in [2.05, 4.69) is 60.0 Å². The molecule has 0 bridgehead atoms. The molecule has 4 nitrogen and oxygen atoms in total. The Morgan fingerprint density at radius 2 is 2.26 bits per heavy atom. The zero-order valence-corrected chi connectivity index (χ0v) is 18.5. The molecular weight excluding hydrogens is 439 g/mol. The van der Waals surface area contributed by atoms with Gasteiger partial charge in [0.2, 0.25) is 0 Å². The predicted molar refractivity (Wildman–Crippen MR) is 114 cm³/mol. The van der Waals surface area contributed by atoms with E-state index in [0.29, 0.717) is 17.7 Å². The lowest BCUT2D eigenvalue weighted by Crippen LogP contribution is -2.49. The van der Waals surface area contributed by atoms with Gasteiger partial charge in [0.05, 0.1) is 17.2 Å². The fourth-order valence-corrected chi connectivity index (χ4v) is 4.47. The second-order valence-corrected chi connectivity index (χ2v) is 8.15. The molecule has 1 aliphatic heterocycles. The Bertz CT molecular complexity index is 490. The second kappa shape index (κ2) is 10.8. The van der Waals surface area contributed by atoms with E-state index in [1.165, 1.54) is 10.8 Å². The average Bonchev–Trinajstić information content (AvgIpc) is 2.99. The number of guanidine groups is 1. The topological polar surface area (TPSA) is 40.5 Å². The van der Waals surface area contributed by atoms with E-state index >= 15 is 0 Å². The Morgan fingerprint density at radius 3 is 2.87 bits per heavy atom. The van der Waals surface area contributed by atoms with Crippen LogP contribution in [0.2, 0.25) is 0 Å². The molecule has 1 saturated heterocycles. The molecule has 23 heavy (non-hydrogen) atoms. The van der Waals surface area contributed by atoms with Gasteiger partial charge in [0.1, 0.15) is 0 Å². The first-order valence-corrected chi connectivity index (χ1v) is 10.1. The Hall–Kier alpha value is -0.0200. The Morgan fingerprint density at radius 1 is 1.48 bits per heavy atom. The predicted octanol–water partition coefficient (Wildman–Crippen LogP) is 3.86. The minimum Gasteiger partial charge on any atom is -0.357 e. The van der Waals surface area contributed by atoms with Crippen molar-refractivity contribution in [1.82, 2.24) is 15.2 Å². The lowest BCUT2D eigenvalue weighted by atomic mass is 10.1. The Kier molecular flexibility index (Phi) is 9.84. The van der Waals surface area contributed by atoms with Crippen molar-refractivity contribution in [3.8, 4) is 0 Å². The van der Waals surface area contributed by atoms with Crippen LogP contribution in [0, 0.1) is 5.92 Å². The quantitative estimate of drug-likeness (QED) is 0.405. The van der Waals surface area contributed by atoms with Crippen LogP contribution >= 0.6 is 47.1 Å². The summed E-state index contributed by atoms with van der Waals surface area (Å²) in [5, 5.41) is 7.48. The van der Waals surface area contributed by atoms with Gasteiger partial charge in [-0.15, -0.1) is 35.3 Å². The van der Waals surface area contributed by atoms with E-state index < -0.39 is 0 Å². The summed E-state index contributed by atoms with van der Waals surface area (Å²) in [6.07, 6.45) is 1.01. The summed E-state index contributed by atoms with van der Waals surface area (Å²) in [7, 11) is 0. The molecular formula is C16H29IN4S2. The Balaban J connectivity index is 0.00000264. The molecule has 1 unspecified atom stereocenters. The van der Waals surface area contributed by atoms with E-state index in [0.717, 1.165) is 37.7 Å². The first-order valence-electron chi connectivity index (χ1n) is 8.22. The average molecular weight is 468 g/mol. The van der Waals surface area contributed by atoms with E-state index in [-0.39, 0.29) is 24.0 Å². The maximum absolute atomic E-state index is 4.82. The van der Waals surface area contributed by atoms with E-state index in [4.69, 9.17) is 4.99 Å². The van der Waals surface area contributed by atoms with E-state index in [1.54, 1.807) is 11.3 Å². The van der Waals surface area contributed by atoms with E-state index in [9.17, 15) is 0 Å². The second-order valence-electron chi connectivity index (χ2n) is 5.86. The minimum atomic E-state index is 0. The number of aromatic nitrogens is 1. The summed E-state index contributed by atoms with van der Waals surface area (Å²) in [5.74, 6) is 2.94. The zero-order chi connectivity index (χ0) is 15.9. The fraction of sp³-hybridized carbons (Fsp3) is 0.750. The number of rotatable bonds is 5. The molecule has 1 N–H and O–H groups in total. The molecule has 1 aromatic heterocycles. The van der Waals surface area contributed by atoms with Crippen LogP contribution in [-0.4, -0.2) is 46.5 Å². The van der Waals surface area contributed by atoms with Gasteiger partial charge in [0.15, 0.2) is 5.96 Å². The van der Waals surface area contributed by atoms with Crippen molar-refractivity contribution in [2.24, 2.45) is 10.9 Å². The highest BCUT2D eigenvalue weighted by Crippen LogP contribution is 2.25. The fourth-order valence-electron chi connectivity index (χ4n) is 2.44. The number of aliphatic imine (C=N–C) groups is 1. The standard InChI is InChI=1S/C16H28N4S2.HI/c1-5-15-19-13(11-22-15)9-18-16(17-6-2)20-7-8-21-14(10-20)12(3)4;/h11-12,14H,5-10H2,1-4H3,(H,17,18);1H. The molecule has 0 radical (unpaired) electrons. The van der Waals surface area contributed by atoms with Gasteiger partial charge in [-0.1, -0.05) is 20.8 Å². The summed E-state index contributed by atoms with van der Waals surface area (Å²) in [6, 6.07) is 0. The highest BCUT2D eigenvalue weighted by molar-refractivity contribution is 14.0. The van der Waals surface area contributed by atoms with Gasteiger partial charge in [-0.2, -0.15) is 11.8 Å². The van der Waals surface area contributed by atoms with Gasteiger partial charge >= 0.3 is 0 Å². The van der Waals surface area contributed by atoms with Crippen LogP contribution in [0.3, 0.4) is 0 Å². The summed E-state index contributed by atoms with van der Waals surface area (Å²) in [4.78, 5) is 11.8. The van der Waals surface area contributed by atoms with Crippen LogP contribution < -0.4 is 5.32 Å². The van der Waals surface area contributed by atoms with Crippen LogP contribution in [-0.2, 0) is 13.0 Å². The number of nitrogens with zero attached hydrogens (tertiary/aromatic N) is 3. The normalized spacial score (nSPS) is 18.9. The molecule has 0 saturated carbocycles. The van der Waals surface area contributed by atoms with Crippen molar-refractivity contribution in [2.45, 2.75) is 45.9 Å². The van der Waals surface area contributed by atoms with Gasteiger partial charge in [-0.25, -0.2) is 9.98 Å². The highest BCUT2D eigenvalue weighted by atomic mass is 127. The molecule has 132 valence electrons. The van der Waals surface area contributed by atoms with Gasteiger partial charge in [0, 0.05) is 36.0 Å². The van der Waals surface area contributed by atoms with Crippen LogP contribution in [0.4, 0.5) is 0 Å². The lowest BCUT2D eigenvalue weighted by molar-refractivity contribution is 0.380. The number of nitrogens with one attached hydrogen (secondary N) is 1. The van der Waals surface area contributed by atoms with Crippen LogP contribution in [0.25, 0.3) is 0 Å². The molecule has 0 aliphatic carbocycles. The van der Waals surface area contributed by atoms with Crippen molar-refractivity contribution in [1.29, 1.82) is 0 Å². The monoisotopic (exact) mass is 468 g/mol. The molecule has 1 atom stereocenters. The summed E-state index contributed by atoms with van der Waals surface area (Å²) in [6.45, 7) is 12.7. The maximum Gasteiger partial charge on any atom is 0.194 e. The number of hydrogen-bond donors (Lipinski definition) is 1. The SMILES string of the molecule is CCNC(=NCc1csc(CC)n1)N1CCSC(C(C)C)C1.I. The first kappa shape index (κ1) is 21.0. The molecule has 2 heterocycles. The molecule has 1 fully saturated rings. The molecule has 0 aromatic carbocycles. The lowest BCUT2D eigenvalue weighted by Gasteiger charge is -2.36. The van der Waals surface area contributed by atoms with Crippen LogP contribution in [0.15, 0.2) is 10.4 Å². The third kappa shape index (κ3) is 6.42. The third-order valence-corrected chi connectivity index (χ3v) is 6.35. The third-order valence-electron chi connectivity index (χ3n) is 3.76. The van der Waals surface area contributed by atoms with Crippen LogP contribution in [0.1, 0.15) is 38.4 Å². The van der Waals surface area contributed by atoms with Gasteiger partial charge in [0.25, 0.3) is 0 Å². The minimum absolute atomic E-state index is 0. The number of thioether (sulfide) groups is 1. The van der Waals surface area contributed by atoms with Gasteiger partial charge < -0.3 is 10.2 Å². The summed E-state index contributed by atoms with van der Waals surface area (Å²) >= 11 is 3.83. The van der Waals surface area contributed by atoms with Crippen molar-refractivity contribution in [3.05, 3.63) is 16.1 Å². The van der Waals surface area contributed by atoms with Crippen molar-refractivity contribution >= 4 is 53.0 Å². The molecule has 1 aliphatic rings. The molecule has 0 spiro atoms. The number of thiazole rings is 1. The van der Waals surface area contributed by atoms with Gasteiger partial charge in [-0.05, 0) is 19.3 Å². The van der Waals surface area contributed by atoms with Crippen molar-refractivity contribution in [2.75, 3.05) is 25.4 Å². The zero-order valence-electron chi connectivity index (χ0n) is 14.5. The Labute approximate surface area is 166 Å². The number of hydrogen-bond acceptors (Lipinski definition) is 4. The van der Waals surface area contributed by atoms with E-state index in [1.807, 2.05) is 0 Å². The van der Waals surface area contributed by atoms with Crippen LogP contribution in [0.5, 0.6) is 0 Å². The van der Waals surface area contributed by atoms with Crippen molar-refractivity contribution < 1.29 is 0 Å². The largest absolute Gasteiger partial charge is 0.357 e. The smallest absolute Gasteiger partial charge is 0.194 e. The first-order chi connectivity index (χ1) is 10.6. The molecule has 2 rings (SSSR count). The van der Waals surface area contributed by atoms with Gasteiger partial charge in [-0.3, -0.25) is 0 Å². The molecule has 1 aromatic rings. The molecule has 7 heteroatoms. The summed E-state index contributed by atoms with van der Waals surface area (Å²) in [5.41, 5.74) is 1.09. The number of aryl methyl sites for hydroxylation is 1. The number of halogens is 1. The summed E-state index contributed by atoms with van der Waals surface area (Å²) < 4.78 is 0. The molecule has 0 amide bonds. The van der Waals surface area contributed by atoms with Crippen molar-refractivity contribution in [3.63, 3.8) is 0 Å².